The number of hydrogen-bond acceptors (Lipinski definition) is 2. The maximum atomic E-state index is 8.92. The van der Waals surface area contributed by atoms with Gasteiger partial charge in [0.15, 0.2) is 0 Å². The lowest BCUT2D eigenvalue weighted by atomic mass is 9.81. The summed E-state index contributed by atoms with van der Waals surface area (Å²) in [7, 11) is 0. The number of nitrogens with zero attached hydrogens (tertiary/aromatic N) is 2. The minimum absolute atomic E-state index is 0.341. The summed E-state index contributed by atoms with van der Waals surface area (Å²) in [6.45, 7) is 0.341. The van der Waals surface area contributed by atoms with Gasteiger partial charge >= 0.3 is 0 Å². The van der Waals surface area contributed by atoms with Crippen molar-refractivity contribution in [1.82, 2.24) is 9.78 Å². The number of hydrogen-bond donors (Lipinski definition) is 1. The Kier molecular flexibility index (Phi) is 1.87. The van der Waals surface area contributed by atoms with Crippen LogP contribution in [0.15, 0.2) is 12.3 Å². The molecule has 2 saturated carbocycles. The van der Waals surface area contributed by atoms with Gasteiger partial charge in [0.25, 0.3) is 0 Å². The topological polar surface area (TPSA) is 38.0 Å². The minimum atomic E-state index is 0.341. The summed E-state index contributed by atoms with van der Waals surface area (Å²) in [5.41, 5.74) is 1.28. The van der Waals surface area contributed by atoms with Crippen LogP contribution in [0.3, 0.4) is 0 Å². The molecule has 1 aromatic heterocycles. The van der Waals surface area contributed by atoms with Gasteiger partial charge in [-0.05, 0) is 37.7 Å². The predicted octanol–water partition coefficient (Wildman–Crippen LogP) is 1.70. The van der Waals surface area contributed by atoms with Crippen LogP contribution in [-0.4, -0.2) is 21.5 Å². The van der Waals surface area contributed by atoms with Crippen LogP contribution in [0.25, 0.3) is 0 Å². The summed E-state index contributed by atoms with van der Waals surface area (Å²) < 4.78 is 2.10. The third-order valence-electron chi connectivity index (χ3n) is 3.47. The van der Waals surface area contributed by atoms with Gasteiger partial charge in [0, 0.05) is 18.7 Å². The Morgan fingerprint density at radius 1 is 1.43 bits per heavy atom. The van der Waals surface area contributed by atoms with Crippen molar-refractivity contribution >= 4 is 0 Å². The molecule has 0 unspecified atom stereocenters. The van der Waals surface area contributed by atoms with E-state index in [4.69, 9.17) is 5.11 Å². The van der Waals surface area contributed by atoms with E-state index in [-0.39, 0.29) is 0 Å². The van der Waals surface area contributed by atoms with Crippen molar-refractivity contribution in [2.24, 2.45) is 5.92 Å². The van der Waals surface area contributed by atoms with E-state index >= 15 is 0 Å². The molecule has 3 rings (SSSR count). The molecule has 0 aliphatic heterocycles. The first kappa shape index (κ1) is 8.48. The van der Waals surface area contributed by atoms with Crippen LogP contribution in [0.2, 0.25) is 0 Å². The summed E-state index contributed by atoms with van der Waals surface area (Å²) in [5.74, 6) is 1.28. The molecule has 14 heavy (non-hydrogen) atoms. The maximum Gasteiger partial charge on any atom is 0.0655 e. The normalized spacial score (nSPS) is 31.5. The number of rotatable bonds is 3. The third kappa shape index (κ3) is 1.36. The largest absolute Gasteiger partial charge is 0.396 e. The Morgan fingerprint density at radius 2 is 2.21 bits per heavy atom. The van der Waals surface area contributed by atoms with Crippen molar-refractivity contribution in [3.05, 3.63) is 18.0 Å². The van der Waals surface area contributed by atoms with E-state index in [9.17, 15) is 0 Å². The van der Waals surface area contributed by atoms with Crippen LogP contribution in [0, 0.1) is 5.92 Å². The van der Waals surface area contributed by atoms with Crippen LogP contribution >= 0.6 is 0 Å². The Balaban J connectivity index is 1.66. The van der Waals surface area contributed by atoms with Gasteiger partial charge in [-0.1, -0.05) is 0 Å². The molecule has 3 heteroatoms. The number of aliphatic hydroxyl groups excluding tert-OH is 1. The van der Waals surface area contributed by atoms with Gasteiger partial charge in [0.1, 0.15) is 0 Å². The van der Waals surface area contributed by atoms with Crippen molar-refractivity contribution in [2.45, 2.75) is 37.6 Å². The lowest BCUT2D eigenvalue weighted by Crippen LogP contribution is -2.29. The van der Waals surface area contributed by atoms with Crippen molar-refractivity contribution in [1.29, 1.82) is 0 Å². The van der Waals surface area contributed by atoms with Crippen LogP contribution in [0.1, 0.15) is 43.3 Å². The summed E-state index contributed by atoms with van der Waals surface area (Å²) in [6.07, 6.45) is 6.94. The Bertz CT molecular complexity index is 324. The molecule has 3 nitrogen and oxygen atoms in total. The van der Waals surface area contributed by atoms with E-state index in [1.54, 1.807) is 0 Å². The molecule has 0 bridgehead atoms. The van der Waals surface area contributed by atoms with Crippen molar-refractivity contribution in [2.75, 3.05) is 6.61 Å². The smallest absolute Gasteiger partial charge is 0.0655 e. The highest BCUT2D eigenvalue weighted by Gasteiger charge is 2.32. The van der Waals surface area contributed by atoms with Gasteiger partial charge < -0.3 is 5.11 Å². The molecular formula is C11H16N2O. The summed E-state index contributed by atoms with van der Waals surface area (Å²) in [6, 6.07) is 2.71. The van der Waals surface area contributed by atoms with E-state index in [2.05, 4.69) is 22.0 Å². The Hall–Kier alpha value is -0.830. The zero-order valence-corrected chi connectivity index (χ0v) is 8.26. The van der Waals surface area contributed by atoms with E-state index in [1.807, 2.05) is 0 Å². The van der Waals surface area contributed by atoms with Crippen LogP contribution in [0.4, 0.5) is 0 Å². The van der Waals surface area contributed by atoms with Crippen LogP contribution in [0.5, 0.6) is 0 Å². The molecular weight excluding hydrogens is 176 g/mol. The van der Waals surface area contributed by atoms with Crippen molar-refractivity contribution < 1.29 is 5.11 Å². The average Bonchev–Trinajstić information content (AvgIpc) is 2.86. The molecule has 2 fully saturated rings. The monoisotopic (exact) mass is 192 g/mol. The highest BCUT2D eigenvalue weighted by molar-refractivity contribution is 5.13. The number of aromatic nitrogens is 2. The molecule has 1 heterocycles. The second-order valence-corrected chi connectivity index (χ2v) is 4.67. The van der Waals surface area contributed by atoms with Crippen LogP contribution < -0.4 is 0 Å². The van der Waals surface area contributed by atoms with Gasteiger partial charge in [-0.3, -0.25) is 4.68 Å². The molecule has 76 valence electrons. The van der Waals surface area contributed by atoms with E-state index < -0.39 is 0 Å². The van der Waals surface area contributed by atoms with Gasteiger partial charge in [0.05, 0.1) is 11.7 Å². The third-order valence-corrected chi connectivity index (χ3v) is 3.47. The molecule has 0 saturated heterocycles. The first-order chi connectivity index (χ1) is 6.86. The lowest BCUT2D eigenvalue weighted by molar-refractivity contribution is 0.105. The fourth-order valence-corrected chi connectivity index (χ4v) is 2.22. The van der Waals surface area contributed by atoms with Gasteiger partial charge in [-0.15, -0.1) is 0 Å². The second kappa shape index (κ2) is 3.09. The molecule has 0 spiro atoms. The molecule has 2 aliphatic carbocycles. The fraction of sp³-hybridized carbons (Fsp3) is 0.727. The van der Waals surface area contributed by atoms with E-state index in [1.165, 1.54) is 18.5 Å². The summed E-state index contributed by atoms with van der Waals surface area (Å²) in [5, 5.41) is 13.5. The first-order valence-electron chi connectivity index (χ1n) is 5.52. The fourth-order valence-electron chi connectivity index (χ4n) is 2.22. The number of aliphatic hydroxyl groups is 1. The highest BCUT2D eigenvalue weighted by atomic mass is 16.3. The van der Waals surface area contributed by atoms with E-state index in [0.29, 0.717) is 18.6 Å². The molecule has 0 aromatic carbocycles. The molecule has 0 amide bonds. The molecule has 2 aliphatic rings. The van der Waals surface area contributed by atoms with Crippen molar-refractivity contribution in [3.8, 4) is 0 Å². The van der Waals surface area contributed by atoms with E-state index in [0.717, 1.165) is 18.8 Å². The van der Waals surface area contributed by atoms with Gasteiger partial charge in [-0.2, -0.15) is 5.10 Å². The maximum absolute atomic E-state index is 8.92. The molecule has 1 N–H and O–H groups in total. The zero-order valence-electron chi connectivity index (χ0n) is 8.26. The molecule has 0 radical (unpaired) electrons. The molecule has 0 atom stereocenters. The quantitative estimate of drug-likeness (QED) is 0.791. The Morgan fingerprint density at radius 3 is 2.86 bits per heavy atom. The van der Waals surface area contributed by atoms with Gasteiger partial charge in [0.2, 0.25) is 0 Å². The Labute approximate surface area is 83.7 Å². The minimum Gasteiger partial charge on any atom is -0.396 e. The predicted molar refractivity (Wildman–Crippen MR) is 53.0 cm³/mol. The summed E-state index contributed by atoms with van der Waals surface area (Å²) >= 11 is 0. The molecule has 1 aromatic rings. The standard InChI is InChI=1S/C11H16N2O/c14-7-8-5-10(6-8)13-4-3-11(12-13)9-1-2-9/h3-4,8-10,14H,1-2,5-7H2. The first-order valence-corrected chi connectivity index (χ1v) is 5.52. The average molecular weight is 192 g/mol. The highest BCUT2D eigenvalue weighted by Crippen LogP contribution is 2.41. The van der Waals surface area contributed by atoms with Crippen LogP contribution in [-0.2, 0) is 0 Å². The zero-order chi connectivity index (χ0) is 9.54. The summed E-state index contributed by atoms with van der Waals surface area (Å²) in [4.78, 5) is 0. The SMILES string of the molecule is OCC1CC(n2ccc(C3CC3)n2)C1. The second-order valence-electron chi connectivity index (χ2n) is 4.67. The lowest BCUT2D eigenvalue weighted by Gasteiger charge is -2.34. The van der Waals surface area contributed by atoms with Crippen molar-refractivity contribution in [3.63, 3.8) is 0 Å². The van der Waals surface area contributed by atoms with Gasteiger partial charge in [-0.25, -0.2) is 0 Å².